The molecule has 1 aromatic carbocycles. The smallest absolute Gasteiger partial charge is 0.351 e. The maximum atomic E-state index is 13.0. The molecule has 2 amide bonds. The number of amides is 2. The molecular weight excluding hydrogens is 369 g/mol. The first-order valence-electron chi connectivity index (χ1n) is 7.55. The minimum absolute atomic E-state index is 0.0835. The molecule has 0 aliphatic rings. The number of thioether (sulfide) groups is 1. The van der Waals surface area contributed by atoms with Crippen molar-refractivity contribution in [1.29, 1.82) is 0 Å². The van der Waals surface area contributed by atoms with Crippen LogP contribution in [0.15, 0.2) is 35.7 Å². The summed E-state index contributed by atoms with van der Waals surface area (Å²) in [6.45, 7) is 1.43. The Bertz CT molecular complexity index is 805. The molecule has 10 heteroatoms. The van der Waals surface area contributed by atoms with Crippen LogP contribution >= 0.6 is 11.8 Å². The number of carbonyl (C=O) groups is 2. The Labute approximate surface area is 152 Å². The number of hydrogen-bond donors (Lipinski definition) is 2. The third kappa shape index (κ3) is 5.51. The third-order valence-corrected chi connectivity index (χ3v) is 4.30. The molecule has 0 radical (unpaired) electrons. The Morgan fingerprint density at radius 3 is 2.58 bits per heavy atom. The van der Waals surface area contributed by atoms with Gasteiger partial charge in [-0.15, -0.1) is 0 Å². The minimum atomic E-state index is -4.63. The van der Waals surface area contributed by atoms with Crippen molar-refractivity contribution < 1.29 is 22.8 Å². The van der Waals surface area contributed by atoms with Gasteiger partial charge in [0, 0.05) is 49.9 Å². The van der Waals surface area contributed by atoms with Crippen LogP contribution in [0.25, 0.3) is 0 Å². The molecule has 140 valence electrons. The lowest BCUT2D eigenvalue weighted by Crippen LogP contribution is -2.26. The quantitative estimate of drug-likeness (QED) is 0.591. The molecule has 1 aromatic heterocycles. The lowest BCUT2D eigenvalue weighted by molar-refractivity contribution is -0.137. The molecule has 0 fully saturated rings. The SMILES string of the molecule is CC(=O)Nc1cc(C(=O)NCCSc2nccn2C)cc(C(F)(F)F)c1. The highest BCUT2D eigenvalue weighted by atomic mass is 32.2. The number of nitrogens with one attached hydrogen (secondary N) is 2. The van der Waals surface area contributed by atoms with Gasteiger partial charge in [-0.05, 0) is 18.2 Å². The summed E-state index contributed by atoms with van der Waals surface area (Å²) in [5, 5.41) is 5.60. The molecular formula is C16H17F3N4O2S. The predicted molar refractivity (Wildman–Crippen MR) is 92.0 cm³/mol. The van der Waals surface area contributed by atoms with E-state index in [4.69, 9.17) is 0 Å². The van der Waals surface area contributed by atoms with Gasteiger partial charge >= 0.3 is 6.18 Å². The monoisotopic (exact) mass is 386 g/mol. The molecule has 6 nitrogen and oxygen atoms in total. The number of alkyl halides is 3. The number of anilines is 1. The second-order valence-corrected chi connectivity index (χ2v) is 6.47. The van der Waals surface area contributed by atoms with Crippen molar-refractivity contribution in [2.75, 3.05) is 17.6 Å². The van der Waals surface area contributed by atoms with Crippen LogP contribution in [0.1, 0.15) is 22.8 Å². The van der Waals surface area contributed by atoms with Gasteiger partial charge in [-0.25, -0.2) is 4.98 Å². The van der Waals surface area contributed by atoms with Crippen molar-refractivity contribution in [1.82, 2.24) is 14.9 Å². The van der Waals surface area contributed by atoms with E-state index in [0.717, 1.165) is 17.3 Å². The molecule has 0 saturated heterocycles. The molecule has 0 bridgehead atoms. The number of halogens is 3. The molecule has 1 heterocycles. The minimum Gasteiger partial charge on any atom is -0.351 e. The molecule has 0 aliphatic heterocycles. The fraction of sp³-hybridized carbons (Fsp3) is 0.312. The Kier molecular flexibility index (Phi) is 6.30. The number of aromatic nitrogens is 2. The van der Waals surface area contributed by atoms with Crippen LogP contribution in [0.3, 0.4) is 0 Å². The van der Waals surface area contributed by atoms with E-state index in [9.17, 15) is 22.8 Å². The fourth-order valence-electron chi connectivity index (χ4n) is 2.10. The zero-order valence-electron chi connectivity index (χ0n) is 14.1. The fourth-order valence-corrected chi connectivity index (χ4v) is 2.88. The zero-order chi connectivity index (χ0) is 19.3. The van der Waals surface area contributed by atoms with Crippen LogP contribution in [-0.2, 0) is 18.0 Å². The Balaban J connectivity index is 2.04. The number of nitrogens with zero attached hydrogens (tertiary/aromatic N) is 2. The predicted octanol–water partition coefficient (Wildman–Crippen LogP) is 2.92. The van der Waals surface area contributed by atoms with Gasteiger partial charge in [0.05, 0.1) is 5.56 Å². The van der Waals surface area contributed by atoms with Crippen molar-refractivity contribution in [2.24, 2.45) is 7.05 Å². The highest BCUT2D eigenvalue weighted by Gasteiger charge is 2.32. The molecule has 0 aliphatic carbocycles. The molecule has 0 atom stereocenters. The lowest BCUT2D eigenvalue weighted by atomic mass is 10.1. The van der Waals surface area contributed by atoms with Crippen LogP contribution < -0.4 is 10.6 Å². The second-order valence-electron chi connectivity index (χ2n) is 5.40. The Morgan fingerprint density at radius 1 is 1.27 bits per heavy atom. The van der Waals surface area contributed by atoms with Crippen molar-refractivity contribution in [3.05, 3.63) is 41.7 Å². The first-order chi connectivity index (χ1) is 12.2. The standard InChI is InChI=1S/C16H17F3N4O2S/c1-10(24)22-13-8-11(7-12(9-13)16(17,18)19)14(25)20-4-6-26-15-21-3-5-23(15)2/h3,5,7-9H,4,6H2,1-2H3,(H,20,25)(H,22,24). The van der Waals surface area contributed by atoms with E-state index in [1.807, 2.05) is 11.6 Å². The topological polar surface area (TPSA) is 76.0 Å². The number of rotatable bonds is 6. The van der Waals surface area contributed by atoms with Gasteiger partial charge in [0.15, 0.2) is 5.16 Å². The van der Waals surface area contributed by atoms with Crippen molar-refractivity contribution in [3.8, 4) is 0 Å². The summed E-state index contributed by atoms with van der Waals surface area (Å²) in [5.74, 6) is -0.668. The number of imidazole rings is 1. The highest BCUT2D eigenvalue weighted by Crippen LogP contribution is 2.32. The van der Waals surface area contributed by atoms with Crippen molar-refractivity contribution in [2.45, 2.75) is 18.3 Å². The normalized spacial score (nSPS) is 11.3. The average molecular weight is 386 g/mol. The van der Waals surface area contributed by atoms with E-state index in [1.54, 1.807) is 12.4 Å². The van der Waals surface area contributed by atoms with E-state index in [2.05, 4.69) is 15.6 Å². The van der Waals surface area contributed by atoms with Gasteiger partial charge in [-0.3, -0.25) is 9.59 Å². The largest absolute Gasteiger partial charge is 0.416 e. The molecule has 0 saturated carbocycles. The summed E-state index contributed by atoms with van der Waals surface area (Å²) >= 11 is 1.41. The first-order valence-corrected chi connectivity index (χ1v) is 8.53. The van der Waals surface area contributed by atoms with Crippen LogP contribution in [0.4, 0.5) is 18.9 Å². The molecule has 0 spiro atoms. The maximum absolute atomic E-state index is 13.0. The van der Waals surface area contributed by atoms with Crippen molar-refractivity contribution in [3.63, 3.8) is 0 Å². The Hall–Kier alpha value is -2.49. The van der Waals surface area contributed by atoms with E-state index in [0.29, 0.717) is 5.75 Å². The number of carbonyl (C=O) groups excluding carboxylic acids is 2. The van der Waals surface area contributed by atoms with Crippen LogP contribution in [0, 0.1) is 0 Å². The van der Waals surface area contributed by atoms with Gasteiger partial charge in [0.2, 0.25) is 5.91 Å². The molecule has 2 aromatic rings. The Morgan fingerprint density at radius 2 is 2.00 bits per heavy atom. The number of aryl methyl sites for hydroxylation is 1. The van der Waals surface area contributed by atoms with Gasteiger partial charge in [-0.1, -0.05) is 11.8 Å². The molecule has 0 unspecified atom stereocenters. The first kappa shape index (κ1) is 19.8. The summed E-state index contributed by atoms with van der Waals surface area (Å²) < 4.78 is 40.8. The summed E-state index contributed by atoms with van der Waals surface area (Å²) in [5.41, 5.74) is -1.26. The summed E-state index contributed by atoms with van der Waals surface area (Å²) in [4.78, 5) is 27.4. The van der Waals surface area contributed by atoms with Crippen LogP contribution in [0.5, 0.6) is 0 Å². The van der Waals surface area contributed by atoms with Gasteiger partial charge in [0.25, 0.3) is 5.91 Å². The van der Waals surface area contributed by atoms with E-state index in [1.165, 1.54) is 24.8 Å². The lowest BCUT2D eigenvalue weighted by Gasteiger charge is -2.12. The second kappa shape index (κ2) is 8.26. The van der Waals surface area contributed by atoms with Crippen LogP contribution in [0.2, 0.25) is 0 Å². The number of hydrogen-bond acceptors (Lipinski definition) is 4. The summed E-state index contributed by atoms with van der Waals surface area (Å²) in [6, 6.07) is 2.75. The average Bonchev–Trinajstić information content (AvgIpc) is 2.94. The van der Waals surface area contributed by atoms with Gasteiger partial charge in [0.1, 0.15) is 0 Å². The highest BCUT2D eigenvalue weighted by molar-refractivity contribution is 7.99. The summed E-state index contributed by atoms with van der Waals surface area (Å²) in [7, 11) is 1.83. The van der Waals surface area contributed by atoms with Gasteiger partial charge in [-0.2, -0.15) is 13.2 Å². The number of benzene rings is 1. The molecule has 2 N–H and O–H groups in total. The van der Waals surface area contributed by atoms with E-state index >= 15 is 0 Å². The van der Waals surface area contributed by atoms with E-state index < -0.39 is 23.6 Å². The molecule has 2 rings (SSSR count). The van der Waals surface area contributed by atoms with Crippen molar-refractivity contribution >= 4 is 29.3 Å². The molecule has 26 heavy (non-hydrogen) atoms. The third-order valence-electron chi connectivity index (χ3n) is 3.24. The maximum Gasteiger partial charge on any atom is 0.416 e. The van der Waals surface area contributed by atoms with Gasteiger partial charge < -0.3 is 15.2 Å². The van der Waals surface area contributed by atoms with Crippen LogP contribution in [-0.4, -0.2) is 33.7 Å². The zero-order valence-corrected chi connectivity index (χ0v) is 14.9. The van der Waals surface area contributed by atoms with E-state index in [-0.39, 0.29) is 17.8 Å². The summed E-state index contributed by atoms with van der Waals surface area (Å²) in [6.07, 6.45) is -1.20.